The van der Waals surface area contributed by atoms with E-state index in [-0.39, 0.29) is 17.6 Å². The van der Waals surface area contributed by atoms with Gasteiger partial charge in [0.1, 0.15) is 23.4 Å². The summed E-state index contributed by atoms with van der Waals surface area (Å²) in [5.74, 6) is -2.43. The van der Waals surface area contributed by atoms with Crippen molar-refractivity contribution in [1.29, 1.82) is 5.26 Å². The predicted molar refractivity (Wildman–Crippen MR) is 173 cm³/mol. The van der Waals surface area contributed by atoms with Crippen LogP contribution in [0, 0.1) is 11.3 Å². The maximum Gasteiger partial charge on any atom is 0.410 e. The molecule has 0 unspecified atom stereocenters. The lowest BCUT2D eigenvalue weighted by atomic mass is 9.80. The average Bonchev–Trinajstić information content (AvgIpc) is 3.75. The second kappa shape index (κ2) is 14.1. The van der Waals surface area contributed by atoms with Gasteiger partial charge >= 0.3 is 6.09 Å². The van der Waals surface area contributed by atoms with Gasteiger partial charge in [0.05, 0.1) is 30.6 Å². The Morgan fingerprint density at radius 2 is 1.88 bits per heavy atom. The Labute approximate surface area is 277 Å². The summed E-state index contributed by atoms with van der Waals surface area (Å²) in [7, 11) is 1.47. The van der Waals surface area contributed by atoms with Crippen molar-refractivity contribution in [3.8, 4) is 11.8 Å². The second-order valence-electron chi connectivity index (χ2n) is 12.7. The fourth-order valence-corrected chi connectivity index (χ4v) is 5.77. The molecule has 0 radical (unpaired) electrons. The number of hydrogen-bond donors (Lipinski definition) is 2. The molecule has 0 aliphatic carbocycles. The smallest absolute Gasteiger partial charge is 0.410 e. The zero-order chi connectivity index (χ0) is 34.6. The number of ether oxygens (including phenoxy) is 1. The maximum atomic E-state index is 13.2. The SMILES string of the molecule is C[C@H](c1nc(C(=O)Nc2cnoc2)c(O)c(=O)n1C)[C@@H](c1cnn(CCN2CCN(C(=O)OC(C)(C)C)CC2)c1)c1ccccc1C#N. The molecule has 4 aromatic rings. The Balaban J connectivity index is 1.38. The molecule has 5 rings (SSSR count). The molecule has 252 valence electrons. The Morgan fingerprint density at radius 1 is 1.15 bits per heavy atom. The summed E-state index contributed by atoms with van der Waals surface area (Å²) in [5.41, 5.74) is 0.361. The number of nitrogens with zero attached hydrogens (tertiary/aromatic N) is 8. The molecule has 1 aliphatic rings. The van der Waals surface area contributed by atoms with Crippen LogP contribution in [0.3, 0.4) is 0 Å². The Bertz CT molecular complexity index is 1860. The highest BCUT2D eigenvalue weighted by Crippen LogP contribution is 2.39. The summed E-state index contributed by atoms with van der Waals surface area (Å²) in [6.45, 7) is 11.2. The summed E-state index contributed by atoms with van der Waals surface area (Å²) in [6.07, 6.45) is 5.81. The molecule has 2 amide bonds. The van der Waals surface area contributed by atoms with Gasteiger partial charge < -0.3 is 24.6 Å². The number of piperazine rings is 1. The normalized spacial score (nSPS) is 15.0. The van der Waals surface area contributed by atoms with E-state index in [2.05, 4.69) is 31.5 Å². The first-order chi connectivity index (χ1) is 22.9. The highest BCUT2D eigenvalue weighted by molar-refractivity contribution is 6.04. The van der Waals surface area contributed by atoms with E-state index in [9.17, 15) is 24.8 Å². The zero-order valence-electron chi connectivity index (χ0n) is 27.6. The van der Waals surface area contributed by atoms with Crippen LogP contribution in [-0.2, 0) is 18.3 Å². The minimum absolute atomic E-state index is 0.224. The lowest BCUT2D eigenvalue weighted by Crippen LogP contribution is -2.50. The third kappa shape index (κ3) is 7.55. The Hall–Kier alpha value is -5.49. The van der Waals surface area contributed by atoms with Crippen molar-refractivity contribution < 1.29 is 24.0 Å². The third-order valence-corrected chi connectivity index (χ3v) is 8.21. The number of rotatable bonds is 9. The van der Waals surface area contributed by atoms with Crippen LogP contribution in [0.2, 0.25) is 0 Å². The van der Waals surface area contributed by atoms with Crippen LogP contribution < -0.4 is 10.9 Å². The monoisotopic (exact) mass is 657 g/mol. The van der Waals surface area contributed by atoms with Crippen molar-refractivity contribution in [1.82, 2.24) is 34.3 Å². The molecular formula is C33H39N9O6. The molecular weight excluding hydrogens is 618 g/mol. The van der Waals surface area contributed by atoms with Gasteiger partial charge in [-0.15, -0.1) is 0 Å². The van der Waals surface area contributed by atoms with Gasteiger partial charge in [0, 0.05) is 57.8 Å². The minimum atomic E-state index is -0.810. The van der Waals surface area contributed by atoms with Crippen LogP contribution in [0.5, 0.6) is 5.75 Å². The summed E-state index contributed by atoms with van der Waals surface area (Å²) < 4.78 is 13.3. The van der Waals surface area contributed by atoms with Crippen LogP contribution >= 0.6 is 0 Å². The molecule has 2 N–H and O–H groups in total. The maximum absolute atomic E-state index is 13.2. The molecule has 0 saturated carbocycles. The summed E-state index contributed by atoms with van der Waals surface area (Å²) in [4.78, 5) is 47.1. The highest BCUT2D eigenvalue weighted by atomic mass is 16.6. The van der Waals surface area contributed by atoms with Gasteiger partial charge in [-0.3, -0.25) is 23.7 Å². The lowest BCUT2D eigenvalue weighted by molar-refractivity contribution is 0.0142. The van der Waals surface area contributed by atoms with Crippen molar-refractivity contribution in [2.75, 3.05) is 38.0 Å². The quantitative estimate of drug-likeness (QED) is 0.269. The van der Waals surface area contributed by atoms with E-state index in [0.717, 1.165) is 5.56 Å². The average molecular weight is 658 g/mol. The third-order valence-electron chi connectivity index (χ3n) is 8.21. The molecule has 15 heteroatoms. The van der Waals surface area contributed by atoms with Crippen molar-refractivity contribution >= 4 is 17.7 Å². The first kappa shape index (κ1) is 33.9. The summed E-state index contributed by atoms with van der Waals surface area (Å²) >= 11 is 0. The van der Waals surface area contributed by atoms with E-state index >= 15 is 0 Å². The van der Waals surface area contributed by atoms with E-state index in [1.165, 1.54) is 24.1 Å². The number of amides is 2. The van der Waals surface area contributed by atoms with Crippen molar-refractivity contribution in [3.05, 3.63) is 87.7 Å². The van der Waals surface area contributed by atoms with Gasteiger partial charge in [0.25, 0.3) is 11.5 Å². The van der Waals surface area contributed by atoms with E-state index in [1.807, 2.05) is 50.7 Å². The predicted octanol–water partition coefficient (Wildman–Crippen LogP) is 3.28. The van der Waals surface area contributed by atoms with Crippen LogP contribution in [0.15, 0.2) is 58.4 Å². The van der Waals surface area contributed by atoms with Gasteiger partial charge in [-0.25, -0.2) is 9.78 Å². The van der Waals surface area contributed by atoms with E-state index in [4.69, 9.17) is 9.26 Å². The second-order valence-corrected chi connectivity index (χ2v) is 12.7. The highest BCUT2D eigenvalue weighted by Gasteiger charge is 2.32. The molecule has 15 nitrogen and oxygen atoms in total. The largest absolute Gasteiger partial charge is 0.501 e. The molecule has 1 aliphatic heterocycles. The fourth-order valence-electron chi connectivity index (χ4n) is 5.77. The number of nitrogens with one attached hydrogen (secondary N) is 1. The first-order valence-corrected chi connectivity index (χ1v) is 15.6. The summed E-state index contributed by atoms with van der Waals surface area (Å²) in [5, 5.41) is 31.3. The number of carbonyl (C=O) groups excluding carboxylic acids is 2. The molecule has 0 spiro atoms. The van der Waals surface area contributed by atoms with Crippen molar-refractivity contribution in [2.45, 2.75) is 51.7 Å². The summed E-state index contributed by atoms with van der Waals surface area (Å²) in [6, 6.07) is 9.43. The van der Waals surface area contributed by atoms with E-state index in [1.54, 1.807) is 23.2 Å². The molecule has 1 aromatic carbocycles. The Morgan fingerprint density at radius 3 is 2.54 bits per heavy atom. The van der Waals surface area contributed by atoms with Gasteiger partial charge in [-0.05, 0) is 38.0 Å². The van der Waals surface area contributed by atoms with Crippen LogP contribution in [-0.4, -0.2) is 89.7 Å². The number of benzene rings is 1. The standard InChI is InChI=1S/C33H39N9O6/c1-21(29-38-27(28(43)31(45)39(29)5)30(44)37-24-18-36-47-20-24)26(25-9-7-6-8-22(25)16-34)23-17-35-42(19-23)15-12-40-10-13-41(14-11-40)32(46)48-33(2,3)4/h6-9,17-21,26,43H,10-15H2,1-5H3,(H,37,44)/t21-,26-/m0/s1. The van der Waals surface area contributed by atoms with Gasteiger partial charge in [0.2, 0.25) is 5.75 Å². The minimum Gasteiger partial charge on any atom is -0.501 e. The number of hydrogen-bond acceptors (Lipinski definition) is 11. The van der Waals surface area contributed by atoms with Gasteiger partial charge in [0.15, 0.2) is 5.69 Å². The van der Waals surface area contributed by atoms with Crippen LogP contribution in [0.25, 0.3) is 0 Å². The topological polar surface area (TPSA) is 185 Å². The number of aromatic hydroxyl groups is 1. The van der Waals surface area contributed by atoms with Crippen molar-refractivity contribution in [2.24, 2.45) is 7.05 Å². The van der Waals surface area contributed by atoms with Gasteiger partial charge in [-0.1, -0.05) is 30.3 Å². The molecule has 0 bridgehead atoms. The number of carbonyl (C=O) groups is 2. The fraction of sp³-hybridized carbons (Fsp3) is 0.424. The van der Waals surface area contributed by atoms with Crippen molar-refractivity contribution in [3.63, 3.8) is 0 Å². The number of aromatic nitrogens is 5. The van der Waals surface area contributed by atoms with E-state index < -0.39 is 40.3 Å². The molecule has 4 heterocycles. The van der Waals surface area contributed by atoms with Crippen LogP contribution in [0.1, 0.15) is 72.5 Å². The zero-order valence-corrected chi connectivity index (χ0v) is 27.6. The molecule has 1 saturated heterocycles. The van der Waals surface area contributed by atoms with E-state index in [0.29, 0.717) is 50.4 Å². The van der Waals surface area contributed by atoms with Crippen LogP contribution in [0.4, 0.5) is 10.5 Å². The number of nitriles is 1. The molecule has 3 aromatic heterocycles. The molecule has 2 atom stereocenters. The molecule has 1 fully saturated rings. The molecule has 48 heavy (non-hydrogen) atoms. The van der Waals surface area contributed by atoms with Gasteiger partial charge in [-0.2, -0.15) is 10.4 Å². The first-order valence-electron chi connectivity index (χ1n) is 15.6. The Kier molecular flexibility index (Phi) is 9.95. The number of anilines is 1. The lowest BCUT2D eigenvalue weighted by Gasteiger charge is -2.35.